The van der Waals surface area contributed by atoms with Crippen LogP contribution in [-0.4, -0.2) is 74.9 Å². The fourth-order valence-electron chi connectivity index (χ4n) is 4.40. The standard InChI is InChI=1S/C32H27NO9Se/c1-2-38-32(37)23-19-43-28(33-23)27-26(42-31(36)22-16-10-5-11-17-22)25(41-30(35)21-14-8-4-9-15-21)24(40-27)18-39-29(34)20-12-6-3-7-13-20/h3-17,19,24-27H,2,18H2,1H3. The van der Waals surface area contributed by atoms with Gasteiger partial charge >= 0.3 is 254 Å². The molecule has 11 heteroatoms. The summed E-state index contributed by atoms with van der Waals surface area (Å²) in [6.07, 6.45) is -4.37. The molecular weight excluding hydrogens is 621 g/mol. The van der Waals surface area contributed by atoms with Crippen LogP contribution in [0.25, 0.3) is 0 Å². The molecule has 1 aromatic heterocycles. The molecule has 5 rings (SSSR count). The molecule has 0 saturated carbocycles. The van der Waals surface area contributed by atoms with Crippen LogP contribution in [0.2, 0.25) is 0 Å². The van der Waals surface area contributed by atoms with Gasteiger partial charge in [-0.15, -0.1) is 0 Å². The number of rotatable bonds is 10. The van der Waals surface area contributed by atoms with Gasteiger partial charge in [0.2, 0.25) is 0 Å². The fourth-order valence-corrected chi connectivity index (χ4v) is 6.19. The predicted octanol–water partition coefficient (Wildman–Crippen LogP) is 4.06. The first-order valence-corrected chi connectivity index (χ1v) is 15.3. The minimum absolute atomic E-state index is 0.116. The summed E-state index contributed by atoms with van der Waals surface area (Å²) in [5, 5.41) is 0. The Morgan fingerprint density at radius 1 is 0.698 bits per heavy atom. The van der Waals surface area contributed by atoms with Gasteiger partial charge in [0.1, 0.15) is 0 Å². The third kappa shape index (κ3) is 7.26. The maximum absolute atomic E-state index is 13.3. The monoisotopic (exact) mass is 649 g/mol. The number of carbonyl (C=O) groups is 4. The van der Waals surface area contributed by atoms with Crippen molar-refractivity contribution in [3.8, 4) is 0 Å². The molecule has 0 N–H and O–H groups in total. The Hall–Kier alpha value is -4.57. The molecule has 2 heterocycles. The second kappa shape index (κ2) is 14.1. The van der Waals surface area contributed by atoms with Crippen LogP contribution in [0.3, 0.4) is 0 Å². The third-order valence-corrected chi connectivity index (χ3v) is 8.35. The topological polar surface area (TPSA) is 127 Å². The van der Waals surface area contributed by atoms with Gasteiger partial charge in [-0.3, -0.25) is 0 Å². The first kappa shape index (κ1) is 29.9. The Morgan fingerprint density at radius 3 is 1.74 bits per heavy atom. The Kier molecular flexibility index (Phi) is 9.78. The van der Waals surface area contributed by atoms with Crippen LogP contribution in [0.5, 0.6) is 0 Å². The molecule has 1 fully saturated rings. The van der Waals surface area contributed by atoms with E-state index in [0.717, 1.165) is 0 Å². The molecular formula is C32H27NO9Se. The maximum atomic E-state index is 13.3. The van der Waals surface area contributed by atoms with Crippen LogP contribution in [0, 0.1) is 0 Å². The molecule has 10 nitrogen and oxygen atoms in total. The van der Waals surface area contributed by atoms with E-state index in [1.54, 1.807) is 103 Å². The zero-order valence-electron chi connectivity index (χ0n) is 23.0. The van der Waals surface area contributed by atoms with Crippen molar-refractivity contribution >= 4 is 38.4 Å². The molecule has 0 amide bonds. The van der Waals surface area contributed by atoms with E-state index in [1.165, 1.54) is 0 Å². The molecule has 1 saturated heterocycles. The summed E-state index contributed by atoms with van der Waals surface area (Å²) in [7, 11) is 0. The van der Waals surface area contributed by atoms with Crippen molar-refractivity contribution in [2.45, 2.75) is 31.3 Å². The van der Waals surface area contributed by atoms with Gasteiger partial charge in [-0.25, -0.2) is 0 Å². The van der Waals surface area contributed by atoms with E-state index in [-0.39, 0.29) is 30.0 Å². The Morgan fingerprint density at radius 2 is 1.21 bits per heavy atom. The molecule has 1 aliphatic rings. The summed E-state index contributed by atoms with van der Waals surface area (Å²) in [6, 6.07) is 25.0. The number of hydrogen-bond donors (Lipinski definition) is 0. The summed E-state index contributed by atoms with van der Waals surface area (Å²) >= 11 is -0.465. The summed E-state index contributed by atoms with van der Waals surface area (Å²) < 4.78 is 29.2. The molecule has 43 heavy (non-hydrogen) atoms. The molecule has 0 aliphatic carbocycles. The van der Waals surface area contributed by atoms with E-state index < -0.39 is 62.8 Å². The average Bonchev–Trinajstić information content (AvgIpc) is 3.66. The summed E-state index contributed by atoms with van der Waals surface area (Å²) in [4.78, 5) is 57.7. The van der Waals surface area contributed by atoms with Gasteiger partial charge in [0.15, 0.2) is 0 Å². The quantitative estimate of drug-likeness (QED) is 0.141. The van der Waals surface area contributed by atoms with Crippen molar-refractivity contribution in [1.29, 1.82) is 0 Å². The number of aromatic nitrogens is 1. The van der Waals surface area contributed by atoms with Gasteiger partial charge in [-0.2, -0.15) is 0 Å². The number of benzene rings is 3. The number of esters is 4. The van der Waals surface area contributed by atoms with Gasteiger partial charge in [0.05, 0.1) is 0 Å². The second-order valence-electron chi connectivity index (χ2n) is 9.32. The van der Waals surface area contributed by atoms with Gasteiger partial charge in [-0.1, -0.05) is 0 Å². The van der Waals surface area contributed by atoms with Crippen LogP contribution < -0.4 is 0 Å². The van der Waals surface area contributed by atoms with E-state index in [4.69, 9.17) is 23.7 Å². The van der Waals surface area contributed by atoms with E-state index in [9.17, 15) is 19.2 Å². The zero-order valence-corrected chi connectivity index (χ0v) is 24.7. The molecule has 0 bridgehead atoms. The van der Waals surface area contributed by atoms with Crippen molar-refractivity contribution in [2.75, 3.05) is 13.2 Å². The molecule has 4 unspecified atom stereocenters. The Balaban J connectivity index is 1.47. The Bertz CT molecular complexity index is 1560. The van der Waals surface area contributed by atoms with E-state index in [1.807, 2.05) is 0 Å². The van der Waals surface area contributed by atoms with Gasteiger partial charge < -0.3 is 0 Å². The third-order valence-electron chi connectivity index (χ3n) is 6.45. The summed E-state index contributed by atoms with van der Waals surface area (Å²) in [5.41, 5.74) is 0.990. The Labute approximate surface area is 253 Å². The van der Waals surface area contributed by atoms with E-state index in [0.29, 0.717) is 10.1 Å². The van der Waals surface area contributed by atoms with E-state index in [2.05, 4.69) is 4.98 Å². The summed E-state index contributed by atoms with van der Waals surface area (Å²) in [6.45, 7) is 1.56. The normalized spacial score (nSPS) is 19.3. The average molecular weight is 649 g/mol. The molecule has 1 aliphatic heterocycles. The predicted molar refractivity (Wildman–Crippen MR) is 153 cm³/mol. The minimum atomic E-state index is -1.18. The van der Waals surface area contributed by atoms with Crippen LogP contribution in [-0.2, 0) is 23.7 Å². The summed E-state index contributed by atoms with van der Waals surface area (Å²) in [5.74, 6) is -2.55. The molecule has 4 aromatic rings. The van der Waals surface area contributed by atoms with Gasteiger partial charge in [-0.05, 0) is 0 Å². The van der Waals surface area contributed by atoms with Crippen LogP contribution in [0.15, 0.2) is 95.9 Å². The van der Waals surface area contributed by atoms with Gasteiger partial charge in [0.25, 0.3) is 0 Å². The van der Waals surface area contributed by atoms with Crippen molar-refractivity contribution in [3.05, 3.63) is 123 Å². The molecule has 0 radical (unpaired) electrons. The molecule has 3 aromatic carbocycles. The number of ether oxygens (including phenoxy) is 5. The van der Waals surface area contributed by atoms with E-state index >= 15 is 0 Å². The van der Waals surface area contributed by atoms with Crippen molar-refractivity contribution in [1.82, 2.24) is 4.98 Å². The first-order valence-electron chi connectivity index (χ1n) is 13.5. The number of hydrogen-bond acceptors (Lipinski definition) is 10. The van der Waals surface area contributed by atoms with Crippen molar-refractivity contribution in [3.63, 3.8) is 0 Å². The number of carbonyl (C=O) groups excluding carboxylic acids is 4. The zero-order chi connectivity index (χ0) is 30.2. The molecule has 4 atom stereocenters. The van der Waals surface area contributed by atoms with Gasteiger partial charge in [0, 0.05) is 0 Å². The second-order valence-corrected chi connectivity index (χ2v) is 11.2. The van der Waals surface area contributed by atoms with Crippen molar-refractivity contribution < 1.29 is 42.9 Å². The number of nitrogens with zero attached hydrogens (tertiary/aromatic N) is 1. The fraction of sp³-hybridized carbons (Fsp3) is 0.219. The van der Waals surface area contributed by atoms with Crippen LogP contribution >= 0.6 is 0 Å². The van der Waals surface area contributed by atoms with Crippen molar-refractivity contribution in [2.24, 2.45) is 0 Å². The molecule has 220 valence electrons. The van der Waals surface area contributed by atoms with Crippen LogP contribution in [0.1, 0.15) is 59.2 Å². The molecule has 0 spiro atoms. The van der Waals surface area contributed by atoms with Crippen LogP contribution in [0.4, 0.5) is 0 Å². The SMILES string of the molecule is CCOC(=O)c1c[se]c(C2OC(COC(=O)c3ccccc3)C(OC(=O)c3ccccc3)C2OC(=O)c2ccccc2)n1. The first-order chi connectivity index (χ1) is 20.9.